The van der Waals surface area contributed by atoms with E-state index in [0.29, 0.717) is 0 Å². The fourth-order valence-electron chi connectivity index (χ4n) is 2.75. The Morgan fingerprint density at radius 1 is 0.964 bits per heavy atom. The minimum absolute atomic E-state index is 0.0671. The highest BCUT2D eigenvalue weighted by Crippen LogP contribution is 2.25. The van der Waals surface area contributed by atoms with Crippen molar-refractivity contribution in [2.24, 2.45) is 0 Å². The van der Waals surface area contributed by atoms with E-state index in [1.807, 2.05) is 36.4 Å². The summed E-state index contributed by atoms with van der Waals surface area (Å²) in [7, 11) is 0. The van der Waals surface area contributed by atoms with Gasteiger partial charge in [-0.3, -0.25) is 14.4 Å². The molecule has 1 saturated heterocycles. The molecule has 0 aliphatic carbocycles. The van der Waals surface area contributed by atoms with Gasteiger partial charge in [-0.05, 0) is 5.56 Å². The first-order valence-corrected chi connectivity index (χ1v) is 8.83. The molecule has 1 fully saturated rings. The van der Waals surface area contributed by atoms with Crippen LogP contribution in [0.3, 0.4) is 0 Å². The highest BCUT2D eigenvalue weighted by molar-refractivity contribution is 5.68. The smallest absolute Gasteiger partial charge is 0.303 e. The Kier molecular flexibility index (Phi) is 8.16. The Balaban J connectivity index is 2.08. The number of carbonyl (C=O) groups excluding carboxylic acids is 3. The third-order valence-electron chi connectivity index (χ3n) is 3.77. The van der Waals surface area contributed by atoms with E-state index < -0.39 is 42.5 Å². The van der Waals surface area contributed by atoms with Crippen molar-refractivity contribution in [3.05, 3.63) is 42.0 Å². The normalized spacial score (nSPS) is 24.5. The number of hydrogen-bond donors (Lipinski definition) is 0. The molecule has 8 heteroatoms. The predicted octanol–water partition coefficient (Wildman–Crippen LogP) is 1.87. The van der Waals surface area contributed by atoms with Gasteiger partial charge in [0.25, 0.3) is 0 Å². The molecule has 2 rings (SSSR count). The van der Waals surface area contributed by atoms with E-state index in [1.165, 1.54) is 20.8 Å². The van der Waals surface area contributed by atoms with Crippen LogP contribution in [0.1, 0.15) is 26.3 Å². The SMILES string of the molecule is CC(=O)O[C@@H]1[C@@H](OC(C)=O)[C@H](OC/C=C/c2ccccc2)OC[C@H]1OC(C)=O. The molecule has 28 heavy (non-hydrogen) atoms. The van der Waals surface area contributed by atoms with Gasteiger partial charge in [-0.1, -0.05) is 42.5 Å². The quantitative estimate of drug-likeness (QED) is 0.512. The van der Waals surface area contributed by atoms with Gasteiger partial charge in [-0.25, -0.2) is 0 Å². The Bertz CT molecular complexity index is 699. The zero-order valence-corrected chi connectivity index (χ0v) is 16.0. The molecule has 4 atom stereocenters. The van der Waals surface area contributed by atoms with Crippen LogP contribution in [-0.2, 0) is 38.1 Å². The van der Waals surface area contributed by atoms with Crippen LogP contribution in [0, 0.1) is 0 Å². The minimum Gasteiger partial charge on any atom is -0.456 e. The third-order valence-corrected chi connectivity index (χ3v) is 3.77. The van der Waals surface area contributed by atoms with Crippen LogP contribution in [0.4, 0.5) is 0 Å². The second-order valence-electron chi connectivity index (χ2n) is 6.14. The fraction of sp³-hybridized carbons (Fsp3) is 0.450. The molecule has 0 bridgehead atoms. The van der Waals surface area contributed by atoms with Crippen molar-refractivity contribution in [3.8, 4) is 0 Å². The molecule has 1 aliphatic rings. The maximum absolute atomic E-state index is 11.5. The first kappa shape index (κ1) is 21.6. The molecule has 0 aromatic heterocycles. The summed E-state index contributed by atoms with van der Waals surface area (Å²) in [6.07, 6.45) is -0.366. The van der Waals surface area contributed by atoms with Gasteiger partial charge in [0, 0.05) is 20.8 Å². The van der Waals surface area contributed by atoms with Crippen LogP contribution in [0.15, 0.2) is 36.4 Å². The Hall–Kier alpha value is -2.71. The number of rotatable bonds is 7. The molecule has 0 saturated carbocycles. The van der Waals surface area contributed by atoms with E-state index in [2.05, 4.69) is 0 Å². The molecule has 8 nitrogen and oxygen atoms in total. The van der Waals surface area contributed by atoms with Crippen LogP contribution < -0.4 is 0 Å². The van der Waals surface area contributed by atoms with Gasteiger partial charge in [0.05, 0.1) is 13.2 Å². The lowest BCUT2D eigenvalue weighted by Gasteiger charge is -2.40. The van der Waals surface area contributed by atoms with Crippen molar-refractivity contribution < 1.29 is 38.1 Å². The summed E-state index contributed by atoms with van der Waals surface area (Å²) in [4.78, 5) is 34.4. The van der Waals surface area contributed by atoms with Crippen molar-refractivity contribution >= 4 is 24.0 Å². The Morgan fingerprint density at radius 2 is 1.57 bits per heavy atom. The summed E-state index contributed by atoms with van der Waals surface area (Å²) in [5.74, 6) is -1.79. The van der Waals surface area contributed by atoms with Crippen LogP contribution in [0.25, 0.3) is 6.08 Å². The third kappa shape index (κ3) is 6.79. The summed E-state index contributed by atoms with van der Waals surface area (Å²) in [5.41, 5.74) is 1.000. The lowest BCUT2D eigenvalue weighted by molar-refractivity contribution is -0.278. The summed E-state index contributed by atoms with van der Waals surface area (Å²) < 4.78 is 26.9. The van der Waals surface area contributed by atoms with E-state index in [0.717, 1.165) is 5.56 Å². The molecule has 1 aliphatic heterocycles. The van der Waals surface area contributed by atoms with Crippen LogP contribution in [0.2, 0.25) is 0 Å². The first-order valence-electron chi connectivity index (χ1n) is 8.83. The highest BCUT2D eigenvalue weighted by Gasteiger charge is 2.47. The van der Waals surface area contributed by atoms with Crippen molar-refractivity contribution in [2.45, 2.75) is 45.4 Å². The number of ether oxygens (including phenoxy) is 5. The molecule has 1 aromatic carbocycles. The largest absolute Gasteiger partial charge is 0.456 e. The topological polar surface area (TPSA) is 97.4 Å². The minimum atomic E-state index is -1.08. The van der Waals surface area contributed by atoms with Gasteiger partial charge in [0.1, 0.15) is 0 Å². The maximum atomic E-state index is 11.5. The van der Waals surface area contributed by atoms with E-state index >= 15 is 0 Å². The Morgan fingerprint density at radius 3 is 2.18 bits per heavy atom. The first-order chi connectivity index (χ1) is 13.4. The zero-order valence-electron chi connectivity index (χ0n) is 16.0. The van der Waals surface area contributed by atoms with Crippen LogP contribution >= 0.6 is 0 Å². The van der Waals surface area contributed by atoms with Gasteiger partial charge >= 0.3 is 17.9 Å². The molecule has 152 valence electrons. The molecule has 0 N–H and O–H groups in total. The maximum Gasteiger partial charge on any atom is 0.303 e. The summed E-state index contributed by atoms with van der Waals surface area (Å²) in [6.45, 7) is 3.75. The van der Waals surface area contributed by atoms with Crippen LogP contribution in [-0.4, -0.2) is 55.7 Å². The molecule has 0 radical (unpaired) electrons. The number of esters is 3. The average Bonchev–Trinajstić information content (AvgIpc) is 2.62. The monoisotopic (exact) mass is 392 g/mol. The van der Waals surface area contributed by atoms with Crippen molar-refractivity contribution in [1.29, 1.82) is 0 Å². The number of benzene rings is 1. The van der Waals surface area contributed by atoms with E-state index in [-0.39, 0.29) is 13.2 Å². The van der Waals surface area contributed by atoms with Crippen LogP contribution in [0.5, 0.6) is 0 Å². The standard InChI is InChI=1S/C20H24O8/c1-13(21)26-17-12-25-20(19(28-15(3)23)18(17)27-14(2)22)24-11-7-10-16-8-5-4-6-9-16/h4-10,17-20H,11-12H2,1-3H3/b10-7+/t17-,18+,19-,20-/m1/s1. The summed E-state index contributed by atoms with van der Waals surface area (Å²) >= 11 is 0. The zero-order chi connectivity index (χ0) is 20.5. The second-order valence-corrected chi connectivity index (χ2v) is 6.14. The molecular weight excluding hydrogens is 368 g/mol. The highest BCUT2D eigenvalue weighted by atomic mass is 16.7. The van der Waals surface area contributed by atoms with Crippen molar-refractivity contribution in [1.82, 2.24) is 0 Å². The lowest BCUT2D eigenvalue weighted by Crippen LogP contribution is -2.58. The lowest BCUT2D eigenvalue weighted by atomic mass is 10.0. The van der Waals surface area contributed by atoms with E-state index in [1.54, 1.807) is 6.08 Å². The van der Waals surface area contributed by atoms with E-state index in [9.17, 15) is 14.4 Å². The predicted molar refractivity (Wildman–Crippen MR) is 97.8 cm³/mol. The molecule has 0 unspecified atom stereocenters. The van der Waals surface area contributed by atoms with Crippen molar-refractivity contribution in [3.63, 3.8) is 0 Å². The molecule has 1 heterocycles. The van der Waals surface area contributed by atoms with Gasteiger partial charge < -0.3 is 23.7 Å². The fourth-order valence-corrected chi connectivity index (χ4v) is 2.75. The van der Waals surface area contributed by atoms with Crippen molar-refractivity contribution in [2.75, 3.05) is 13.2 Å². The number of carbonyl (C=O) groups is 3. The molecule has 0 amide bonds. The van der Waals surface area contributed by atoms with Gasteiger partial charge in [0.15, 0.2) is 24.6 Å². The average molecular weight is 392 g/mol. The number of hydrogen-bond acceptors (Lipinski definition) is 8. The van der Waals surface area contributed by atoms with Gasteiger partial charge in [0.2, 0.25) is 0 Å². The van der Waals surface area contributed by atoms with Gasteiger partial charge in [-0.15, -0.1) is 0 Å². The molecular formula is C20H24O8. The second kappa shape index (κ2) is 10.6. The Labute approximate surface area is 163 Å². The molecule has 1 aromatic rings. The summed E-state index contributed by atoms with van der Waals surface area (Å²) in [5, 5.41) is 0. The summed E-state index contributed by atoms with van der Waals surface area (Å²) in [6, 6.07) is 9.63. The van der Waals surface area contributed by atoms with Gasteiger partial charge in [-0.2, -0.15) is 0 Å². The van der Waals surface area contributed by atoms with E-state index in [4.69, 9.17) is 23.7 Å². The molecule has 0 spiro atoms.